The number of amides is 1. The minimum Gasteiger partial charge on any atom is -0.352 e. The molecule has 2 aromatic rings. The number of nitrogens with one attached hydrogen (secondary N) is 1. The van der Waals surface area contributed by atoms with Crippen LogP contribution in [-0.4, -0.2) is 11.7 Å². The van der Waals surface area contributed by atoms with E-state index in [2.05, 4.69) is 26.1 Å². The predicted octanol–water partition coefficient (Wildman–Crippen LogP) is 4.57. The van der Waals surface area contributed by atoms with E-state index in [0.29, 0.717) is 12.1 Å². The van der Waals surface area contributed by atoms with Gasteiger partial charge in [-0.05, 0) is 23.5 Å². The Morgan fingerprint density at radius 3 is 2.04 bits per heavy atom. The van der Waals surface area contributed by atoms with Crippen molar-refractivity contribution in [2.45, 2.75) is 52.5 Å². The van der Waals surface area contributed by atoms with Crippen molar-refractivity contribution in [2.24, 2.45) is 0 Å². The fourth-order valence-corrected chi connectivity index (χ4v) is 2.52. The highest BCUT2D eigenvalue weighted by Crippen LogP contribution is 2.22. The van der Waals surface area contributed by atoms with Gasteiger partial charge in [0.2, 0.25) is 5.91 Å². The van der Waals surface area contributed by atoms with Crippen LogP contribution in [0.2, 0.25) is 0 Å². The topological polar surface area (TPSA) is 46.2 Å². The molecule has 0 unspecified atom stereocenters. The molecule has 0 atom stereocenters. The Labute approximate surface area is 150 Å². The van der Waals surface area contributed by atoms with Gasteiger partial charge in [0.05, 0.1) is 0 Å². The van der Waals surface area contributed by atoms with Gasteiger partial charge in [0.1, 0.15) is 0 Å². The minimum absolute atomic E-state index is 0.00550. The van der Waals surface area contributed by atoms with Crippen LogP contribution < -0.4 is 5.32 Å². The van der Waals surface area contributed by atoms with Gasteiger partial charge >= 0.3 is 0 Å². The predicted molar refractivity (Wildman–Crippen MR) is 102 cm³/mol. The van der Waals surface area contributed by atoms with Gasteiger partial charge in [0.15, 0.2) is 5.78 Å². The number of carbonyl (C=O) groups excluding carboxylic acids is 2. The molecule has 0 aromatic heterocycles. The molecule has 0 bridgehead atoms. The lowest BCUT2D eigenvalue weighted by Gasteiger charge is -2.18. The van der Waals surface area contributed by atoms with Crippen molar-refractivity contribution in [1.29, 1.82) is 0 Å². The summed E-state index contributed by atoms with van der Waals surface area (Å²) in [6.07, 6.45) is 0.445. The van der Waals surface area contributed by atoms with Gasteiger partial charge in [-0.3, -0.25) is 9.59 Å². The standard InChI is InChI=1S/C22H27NO2/c1-16-5-7-17(8-6-16)15-23-21(25)14-13-20(24)18-9-11-19(12-10-18)22(2,3)4/h5-12H,13-15H2,1-4H3,(H,23,25). The van der Waals surface area contributed by atoms with Crippen molar-refractivity contribution < 1.29 is 9.59 Å². The highest BCUT2D eigenvalue weighted by Gasteiger charge is 2.14. The summed E-state index contributed by atoms with van der Waals surface area (Å²) in [6.45, 7) is 8.95. The molecule has 1 amide bonds. The van der Waals surface area contributed by atoms with Crippen LogP contribution in [0.1, 0.15) is 60.7 Å². The zero-order valence-electron chi connectivity index (χ0n) is 15.6. The zero-order chi connectivity index (χ0) is 18.4. The molecule has 2 rings (SSSR count). The molecule has 0 spiro atoms. The molecule has 0 aliphatic heterocycles. The Kier molecular flexibility index (Phi) is 6.13. The third-order valence-electron chi connectivity index (χ3n) is 4.26. The summed E-state index contributed by atoms with van der Waals surface area (Å²) < 4.78 is 0. The molecule has 0 fully saturated rings. The van der Waals surface area contributed by atoms with Crippen LogP contribution in [-0.2, 0) is 16.8 Å². The number of ketones is 1. The van der Waals surface area contributed by atoms with Crippen molar-refractivity contribution in [3.63, 3.8) is 0 Å². The van der Waals surface area contributed by atoms with Crippen LogP contribution in [0.4, 0.5) is 0 Å². The lowest BCUT2D eigenvalue weighted by molar-refractivity contribution is -0.121. The summed E-state index contributed by atoms with van der Waals surface area (Å²) in [6, 6.07) is 15.7. The molecule has 3 nitrogen and oxygen atoms in total. The van der Waals surface area contributed by atoms with Crippen LogP contribution >= 0.6 is 0 Å². The molecule has 0 radical (unpaired) electrons. The summed E-state index contributed by atoms with van der Waals surface area (Å²) in [5, 5.41) is 2.86. The molecule has 0 saturated carbocycles. The number of carbonyl (C=O) groups is 2. The molecule has 0 aliphatic carbocycles. The van der Waals surface area contributed by atoms with E-state index >= 15 is 0 Å². The van der Waals surface area contributed by atoms with E-state index < -0.39 is 0 Å². The van der Waals surface area contributed by atoms with Gasteiger partial charge in [-0.2, -0.15) is 0 Å². The van der Waals surface area contributed by atoms with Crippen molar-refractivity contribution in [2.75, 3.05) is 0 Å². The molecule has 0 aliphatic rings. The maximum absolute atomic E-state index is 12.2. The summed E-state index contributed by atoms with van der Waals surface area (Å²) in [7, 11) is 0. The maximum Gasteiger partial charge on any atom is 0.220 e. The Bertz CT molecular complexity index is 722. The average Bonchev–Trinajstić information content (AvgIpc) is 2.58. The van der Waals surface area contributed by atoms with Gasteiger partial charge in [0.25, 0.3) is 0 Å². The number of hydrogen-bond acceptors (Lipinski definition) is 2. The summed E-state index contributed by atoms with van der Waals surface area (Å²) in [5.41, 5.74) is 4.18. The van der Waals surface area contributed by atoms with Crippen molar-refractivity contribution in [1.82, 2.24) is 5.32 Å². The van der Waals surface area contributed by atoms with Crippen LogP contribution in [0.25, 0.3) is 0 Å². The first-order valence-corrected chi connectivity index (χ1v) is 8.72. The summed E-state index contributed by atoms with van der Waals surface area (Å²) in [4.78, 5) is 24.2. The number of rotatable bonds is 6. The lowest BCUT2D eigenvalue weighted by atomic mass is 9.86. The first-order chi connectivity index (χ1) is 11.8. The Morgan fingerprint density at radius 1 is 0.880 bits per heavy atom. The molecule has 1 N–H and O–H groups in total. The van der Waals surface area contributed by atoms with E-state index in [9.17, 15) is 9.59 Å². The largest absolute Gasteiger partial charge is 0.352 e. The van der Waals surface area contributed by atoms with Crippen LogP contribution in [0.15, 0.2) is 48.5 Å². The lowest BCUT2D eigenvalue weighted by Crippen LogP contribution is -2.23. The van der Waals surface area contributed by atoms with Crippen molar-refractivity contribution >= 4 is 11.7 Å². The van der Waals surface area contributed by atoms with Gasteiger partial charge in [0, 0.05) is 24.9 Å². The number of hydrogen-bond donors (Lipinski definition) is 1. The third-order valence-corrected chi connectivity index (χ3v) is 4.26. The molecule has 3 heteroatoms. The van der Waals surface area contributed by atoms with E-state index in [1.807, 2.05) is 55.5 Å². The molecule has 2 aromatic carbocycles. The van der Waals surface area contributed by atoms with E-state index in [1.165, 1.54) is 11.1 Å². The second kappa shape index (κ2) is 8.11. The fraction of sp³-hybridized carbons (Fsp3) is 0.364. The molecule has 25 heavy (non-hydrogen) atoms. The van der Waals surface area contributed by atoms with Crippen LogP contribution in [0.5, 0.6) is 0 Å². The first kappa shape index (κ1) is 18.9. The van der Waals surface area contributed by atoms with Gasteiger partial charge < -0.3 is 5.32 Å². The first-order valence-electron chi connectivity index (χ1n) is 8.72. The van der Waals surface area contributed by atoms with Crippen molar-refractivity contribution in [3.05, 3.63) is 70.8 Å². The van der Waals surface area contributed by atoms with Gasteiger partial charge in [-0.1, -0.05) is 74.9 Å². The third kappa shape index (κ3) is 5.86. The molecule has 0 heterocycles. The minimum atomic E-state index is -0.0970. The fourth-order valence-electron chi connectivity index (χ4n) is 2.52. The monoisotopic (exact) mass is 337 g/mol. The number of aryl methyl sites for hydroxylation is 1. The molecular weight excluding hydrogens is 310 g/mol. The highest BCUT2D eigenvalue weighted by molar-refractivity contribution is 5.98. The number of benzene rings is 2. The van der Waals surface area contributed by atoms with Crippen molar-refractivity contribution in [3.8, 4) is 0 Å². The van der Waals surface area contributed by atoms with E-state index in [-0.39, 0.29) is 29.9 Å². The quantitative estimate of drug-likeness (QED) is 0.785. The van der Waals surface area contributed by atoms with E-state index in [1.54, 1.807) is 0 Å². The summed E-state index contributed by atoms with van der Waals surface area (Å²) in [5.74, 6) is -0.0915. The maximum atomic E-state index is 12.2. The summed E-state index contributed by atoms with van der Waals surface area (Å²) >= 11 is 0. The average molecular weight is 337 g/mol. The van der Waals surface area contributed by atoms with E-state index in [0.717, 1.165) is 5.56 Å². The smallest absolute Gasteiger partial charge is 0.220 e. The molecular formula is C22H27NO2. The van der Waals surface area contributed by atoms with E-state index in [4.69, 9.17) is 0 Å². The van der Waals surface area contributed by atoms with Crippen LogP contribution in [0, 0.1) is 6.92 Å². The Morgan fingerprint density at radius 2 is 1.48 bits per heavy atom. The number of Topliss-reactive ketones (excluding diaryl/α,β-unsaturated/α-hetero) is 1. The SMILES string of the molecule is Cc1ccc(CNC(=O)CCC(=O)c2ccc(C(C)(C)C)cc2)cc1. The van der Waals surface area contributed by atoms with Crippen LogP contribution in [0.3, 0.4) is 0 Å². The van der Waals surface area contributed by atoms with Gasteiger partial charge in [-0.15, -0.1) is 0 Å². The molecule has 0 saturated heterocycles. The highest BCUT2D eigenvalue weighted by atomic mass is 16.2. The Hall–Kier alpha value is -2.42. The second-order valence-electron chi connectivity index (χ2n) is 7.51. The molecule has 132 valence electrons. The zero-order valence-corrected chi connectivity index (χ0v) is 15.6. The Balaban J connectivity index is 1.80. The normalized spacial score (nSPS) is 11.2. The van der Waals surface area contributed by atoms with Gasteiger partial charge in [-0.25, -0.2) is 0 Å². The second-order valence-corrected chi connectivity index (χ2v) is 7.51.